The lowest BCUT2D eigenvalue weighted by Gasteiger charge is -2.00. The third-order valence-corrected chi connectivity index (χ3v) is 1.79. The average molecular weight is 168 g/mol. The van der Waals surface area contributed by atoms with E-state index < -0.39 is 0 Å². The predicted molar refractivity (Wildman–Crippen MR) is 48.7 cm³/mol. The molecule has 0 fully saturated rings. The highest BCUT2D eigenvalue weighted by atomic mass is 35.5. The van der Waals surface area contributed by atoms with Crippen LogP contribution < -0.4 is 0 Å². The maximum Gasteiger partial charge on any atom is 0.0474 e. The van der Waals surface area contributed by atoms with Gasteiger partial charge in [-0.2, -0.15) is 0 Å². The fourth-order valence-corrected chi connectivity index (χ4v) is 0.997. The number of nitrogens with zero attached hydrogens (tertiary/aromatic N) is 1. The van der Waals surface area contributed by atoms with E-state index >= 15 is 0 Å². The van der Waals surface area contributed by atoms with Crippen LogP contribution >= 0.6 is 11.6 Å². The van der Waals surface area contributed by atoms with Crippen LogP contribution in [0.4, 0.5) is 0 Å². The molecule has 1 aromatic rings. The summed E-state index contributed by atoms with van der Waals surface area (Å²) in [5.41, 5.74) is 3.01. The number of pyridine rings is 1. The van der Waals surface area contributed by atoms with Crippen LogP contribution in [0.5, 0.6) is 0 Å². The maximum atomic E-state index is 5.62. The second-order valence-electron chi connectivity index (χ2n) is 2.42. The standard InChI is InChI=1S/C9H10ClN/c1-7(6-10)9-3-4-11-8(2)5-9/h3-5H,1,6H2,2H3. The van der Waals surface area contributed by atoms with Crippen LogP contribution in [-0.4, -0.2) is 10.9 Å². The summed E-state index contributed by atoms with van der Waals surface area (Å²) in [5.74, 6) is 0.476. The Balaban J connectivity index is 2.96. The Hall–Kier alpha value is -0.820. The Labute approximate surface area is 71.7 Å². The van der Waals surface area contributed by atoms with Gasteiger partial charge in [0, 0.05) is 17.8 Å². The summed E-state index contributed by atoms with van der Waals surface area (Å²) in [6.45, 7) is 5.77. The SMILES string of the molecule is C=C(CCl)c1ccnc(C)c1. The minimum atomic E-state index is 0.476. The van der Waals surface area contributed by atoms with E-state index in [-0.39, 0.29) is 0 Å². The van der Waals surface area contributed by atoms with Gasteiger partial charge < -0.3 is 0 Å². The molecule has 0 aromatic carbocycles. The van der Waals surface area contributed by atoms with Crippen molar-refractivity contribution < 1.29 is 0 Å². The zero-order valence-corrected chi connectivity index (χ0v) is 7.23. The van der Waals surface area contributed by atoms with Crippen LogP contribution in [0, 0.1) is 6.92 Å². The summed E-state index contributed by atoms with van der Waals surface area (Å²) < 4.78 is 0. The van der Waals surface area contributed by atoms with Crippen molar-refractivity contribution in [2.24, 2.45) is 0 Å². The average Bonchev–Trinajstić information content (AvgIpc) is 2.03. The van der Waals surface area contributed by atoms with Gasteiger partial charge in [-0.3, -0.25) is 4.98 Å². The zero-order valence-electron chi connectivity index (χ0n) is 6.47. The first-order valence-electron chi connectivity index (χ1n) is 3.41. The molecule has 0 radical (unpaired) electrons. The van der Waals surface area contributed by atoms with Crippen LogP contribution in [-0.2, 0) is 0 Å². The van der Waals surface area contributed by atoms with E-state index in [1.54, 1.807) is 6.20 Å². The highest BCUT2D eigenvalue weighted by Gasteiger charge is 1.96. The molecule has 1 rings (SSSR count). The van der Waals surface area contributed by atoms with Gasteiger partial charge in [0.2, 0.25) is 0 Å². The fourth-order valence-electron chi connectivity index (χ4n) is 0.843. The van der Waals surface area contributed by atoms with E-state index in [9.17, 15) is 0 Å². The predicted octanol–water partition coefficient (Wildman–Crippen LogP) is 2.64. The van der Waals surface area contributed by atoms with Crippen LogP contribution in [0.25, 0.3) is 5.57 Å². The Morgan fingerprint density at radius 1 is 1.73 bits per heavy atom. The number of hydrogen-bond donors (Lipinski definition) is 0. The summed E-state index contributed by atoms with van der Waals surface area (Å²) >= 11 is 5.62. The fraction of sp³-hybridized carbons (Fsp3) is 0.222. The number of halogens is 1. The second kappa shape index (κ2) is 3.54. The summed E-state index contributed by atoms with van der Waals surface area (Å²) in [6, 6.07) is 3.89. The van der Waals surface area contributed by atoms with E-state index in [1.807, 2.05) is 19.1 Å². The molecule has 1 heterocycles. The topological polar surface area (TPSA) is 12.9 Å². The number of allylic oxidation sites excluding steroid dienone is 1. The van der Waals surface area contributed by atoms with E-state index in [4.69, 9.17) is 11.6 Å². The Morgan fingerprint density at radius 2 is 2.45 bits per heavy atom. The molecule has 1 nitrogen and oxygen atoms in total. The molecular weight excluding hydrogens is 158 g/mol. The third-order valence-electron chi connectivity index (χ3n) is 1.47. The monoisotopic (exact) mass is 167 g/mol. The van der Waals surface area contributed by atoms with Gasteiger partial charge in [0.1, 0.15) is 0 Å². The quantitative estimate of drug-likeness (QED) is 0.618. The molecule has 11 heavy (non-hydrogen) atoms. The van der Waals surface area contributed by atoms with Gasteiger partial charge in [-0.15, -0.1) is 11.6 Å². The lowest BCUT2D eigenvalue weighted by Crippen LogP contribution is -1.86. The molecule has 0 amide bonds. The van der Waals surface area contributed by atoms with Crippen molar-refractivity contribution in [1.82, 2.24) is 4.98 Å². The first-order valence-corrected chi connectivity index (χ1v) is 3.94. The van der Waals surface area contributed by atoms with Crippen molar-refractivity contribution in [1.29, 1.82) is 0 Å². The number of alkyl halides is 1. The molecule has 58 valence electrons. The molecule has 1 aromatic heterocycles. The van der Waals surface area contributed by atoms with Crippen LogP contribution in [0.15, 0.2) is 24.9 Å². The van der Waals surface area contributed by atoms with Gasteiger partial charge in [-0.25, -0.2) is 0 Å². The smallest absolute Gasteiger partial charge is 0.0474 e. The molecule has 0 saturated heterocycles. The number of rotatable bonds is 2. The van der Waals surface area contributed by atoms with Gasteiger partial charge in [0.25, 0.3) is 0 Å². The zero-order chi connectivity index (χ0) is 8.27. The minimum absolute atomic E-state index is 0.476. The molecule has 0 aliphatic rings. The van der Waals surface area contributed by atoms with E-state index in [2.05, 4.69) is 11.6 Å². The minimum Gasteiger partial charge on any atom is -0.262 e. The summed E-state index contributed by atoms with van der Waals surface area (Å²) in [4.78, 5) is 4.07. The van der Waals surface area contributed by atoms with Crippen LogP contribution in [0.3, 0.4) is 0 Å². The van der Waals surface area contributed by atoms with Gasteiger partial charge >= 0.3 is 0 Å². The lowest BCUT2D eigenvalue weighted by atomic mass is 10.1. The lowest BCUT2D eigenvalue weighted by molar-refractivity contribution is 1.19. The second-order valence-corrected chi connectivity index (χ2v) is 2.69. The Morgan fingerprint density at radius 3 is 3.00 bits per heavy atom. The molecule has 0 unspecified atom stereocenters. The number of aryl methyl sites for hydroxylation is 1. The van der Waals surface area contributed by atoms with Crippen LogP contribution in [0.1, 0.15) is 11.3 Å². The van der Waals surface area contributed by atoms with Gasteiger partial charge in [0.15, 0.2) is 0 Å². The van der Waals surface area contributed by atoms with E-state index in [0.29, 0.717) is 5.88 Å². The molecule has 0 atom stereocenters. The Bertz CT molecular complexity index is 268. The van der Waals surface area contributed by atoms with Crippen molar-refractivity contribution in [3.8, 4) is 0 Å². The number of aromatic nitrogens is 1. The highest BCUT2D eigenvalue weighted by molar-refractivity contribution is 6.23. The van der Waals surface area contributed by atoms with Crippen molar-refractivity contribution >= 4 is 17.2 Å². The molecular formula is C9H10ClN. The largest absolute Gasteiger partial charge is 0.262 e. The molecule has 2 heteroatoms. The summed E-state index contributed by atoms with van der Waals surface area (Å²) in [7, 11) is 0. The van der Waals surface area contributed by atoms with Crippen molar-refractivity contribution in [2.75, 3.05) is 5.88 Å². The molecule has 0 aliphatic carbocycles. The van der Waals surface area contributed by atoms with Crippen molar-refractivity contribution in [3.63, 3.8) is 0 Å². The highest BCUT2D eigenvalue weighted by Crippen LogP contribution is 2.13. The molecule has 0 saturated carbocycles. The molecule has 0 aliphatic heterocycles. The molecule has 0 N–H and O–H groups in total. The van der Waals surface area contributed by atoms with E-state index in [0.717, 1.165) is 16.8 Å². The van der Waals surface area contributed by atoms with Crippen molar-refractivity contribution in [3.05, 3.63) is 36.2 Å². The summed E-state index contributed by atoms with van der Waals surface area (Å²) in [6.07, 6.45) is 1.77. The number of hydrogen-bond acceptors (Lipinski definition) is 1. The third kappa shape index (κ3) is 2.05. The van der Waals surface area contributed by atoms with Crippen molar-refractivity contribution in [2.45, 2.75) is 6.92 Å². The first-order chi connectivity index (χ1) is 5.24. The van der Waals surface area contributed by atoms with Gasteiger partial charge in [0.05, 0.1) is 0 Å². The van der Waals surface area contributed by atoms with Crippen LogP contribution in [0.2, 0.25) is 0 Å². The maximum absolute atomic E-state index is 5.62. The first kappa shape index (κ1) is 8.28. The Kier molecular flexibility index (Phi) is 2.66. The molecule has 0 spiro atoms. The van der Waals surface area contributed by atoms with Gasteiger partial charge in [-0.1, -0.05) is 6.58 Å². The summed E-state index contributed by atoms with van der Waals surface area (Å²) in [5, 5.41) is 0. The normalized spacial score (nSPS) is 9.64. The van der Waals surface area contributed by atoms with Gasteiger partial charge in [-0.05, 0) is 30.2 Å². The molecule has 0 bridgehead atoms. The van der Waals surface area contributed by atoms with E-state index in [1.165, 1.54) is 0 Å².